The van der Waals surface area contributed by atoms with Gasteiger partial charge in [0, 0.05) is 44.0 Å². The second-order valence-electron chi connectivity index (χ2n) is 7.68. The third kappa shape index (κ3) is 5.44. The van der Waals surface area contributed by atoms with E-state index in [-0.39, 0.29) is 29.3 Å². The maximum Gasteiger partial charge on any atom is 0.272 e. The van der Waals surface area contributed by atoms with Gasteiger partial charge in [-0.15, -0.1) is 0 Å². The van der Waals surface area contributed by atoms with Gasteiger partial charge >= 0.3 is 0 Å². The largest absolute Gasteiger partial charge is 0.381 e. The predicted octanol–water partition coefficient (Wildman–Crippen LogP) is 3.15. The Morgan fingerprint density at radius 3 is 2.45 bits per heavy atom. The number of halogens is 2. The van der Waals surface area contributed by atoms with Gasteiger partial charge < -0.3 is 21.7 Å². The first-order chi connectivity index (χ1) is 14.7. The van der Waals surface area contributed by atoms with Gasteiger partial charge in [0.15, 0.2) is 0 Å². The molecule has 31 heavy (non-hydrogen) atoms. The maximum atomic E-state index is 13.4. The second-order valence-corrected chi connectivity index (χ2v) is 7.68. The van der Waals surface area contributed by atoms with Crippen molar-refractivity contribution in [2.24, 2.45) is 11.7 Å². The van der Waals surface area contributed by atoms with Crippen molar-refractivity contribution >= 4 is 29.1 Å². The van der Waals surface area contributed by atoms with Crippen molar-refractivity contribution in [3.8, 4) is 0 Å². The first kappa shape index (κ1) is 22.4. The van der Waals surface area contributed by atoms with E-state index >= 15 is 0 Å². The number of nitrogens with zero attached hydrogens (tertiary/aromatic N) is 2. The zero-order chi connectivity index (χ0) is 22.6. The van der Waals surface area contributed by atoms with Crippen molar-refractivity contribution in [2.75, 3.05) is 17.7 Å². The standard InChI is InChI=1S/C21H26F2N6O2/c1-21(22,23)12-7-8-17(26-10-12)29-18-9-16(14(11-27-18)20(31)25-2)28-15-6-4-3-5-13(15)19(24)30/h7-11,13,15H,3-6H2,1-2H3,(H2,24,30)(H,25,31)(H2,26,27,28,29)/t13-,15+/m1/s1. The summed E-state index contributed by atoms with van der Waals surface area (Å²) < 4.78 is 26.8. The number of carbonyl (C=O) groups excluding carboxylic acids is 2. The first-order valence-electron chi connectivity index (χ1n) is 10.1. The van der Waals surface area contributed by atoms with Crippen molar-refractivity contribution < 1.29 is 18.4 Å². The Morgan fingerprint density at radius 2 is 1.84 bits per heavy atom. The lowest BCUT2D eigenvalue weighted by molar-refractivity contribution is -0.122. The first-order valence-corrected chi connectivity index (χ1v) is 10.1. The van der Waals surface area contributed by atoms with Crippen LogP contribution >= 0.6 is 0 Å². The fourth-order valence-corrected chi connectivity index (χ4v) is 3.66. The number of hydrogen-bond donors (Lipinski definition) is 4. The van der Waals surface area contributed by atoms with Gasteiger partial charge in [0.2, 0.25) is 5.91 Å². The number of primary amides is 1. The highest BCUT2D eigenvalue weighted by Crippen LogP contribution is 2.30. The number of amides is 2. The topological polar surface area (TPSA) is 122 Å². The smallest absolute Gasteiger partial charge is 0.272 e. The fraction of sp³-hybridized carbons (Fsp3) is 0.429. The van der Waals surface area contributed by atoms with E-state index < -0.39 is 5.92 Å². The second kappa shape index (κ2) is 9.23. The highest BCUT2D eigenvalue weighted by atomic mass is 19.3. The van der Waals surface area contributed by atoms with Crippen molar-refractivity contribution in [2.45, 2.75) is 44.6 Å². The number of nitrogens with two attached hydrogens (primary N) is 1. The zero-order valence-electron chi connectivity index (χ0n) is 17.4. The van der Waals surface area contributed by atoms with Gasteiger partial charge in [-0.05, 0) is 25.0 Å². The van der Waals surface area contributed by atoms with E-state index in [4.69, 9.17) is 5.73 Å². The van der Waals surface area contributed by atoms with Crippen LogP contribution < -0.4 is 21.7 Å². The quantitative estimate of drug-likeness (QED) is 0.533. The number of aromatic nitrogens is 2. The molecule has 2 heterocycles. The molecule has 1 aliphatic carbocycles. The van der Waals surface area contributed by atoms with E-state index in [1.54, 1.807) is 6.07 Å². The summed E-state index contributed by atoms with van der Waals surface area (Å²) in [4.78, 5) is 32.4. The molecule has 1 fully saturated rings. The van der Waals surface area contributed by atoms with Gasteiger partial charge in [0.1, 0.15) is 11.6 Å². The third-order valence-electron chi connectivity index (χ3n) is 5.37. The van der Waals surface area contributed by atoms with Gasteiger partial charge in [-0.3, -0.25) is 9.59 Å². The van der Waals surface area contributed by atoms with Crippen LogP contribution in [0.25, 0.3) is 0 Å². The lowest BCUT2D eigenvalue weighted by Crippen LogP contribution is -2.41. The summed E-state index contributed by atoms with van der Waals surface area (Å²) >= 11 is 0. The van der Waals surface area contributed by atoms with Crippen LogP contribution in [0.1, 0.15) is 48.5 Å². The van der Waals surface area contributed by atoms with E-state index in [1.807, 2.05) is 0 Å². The summed E-state index contributed by atoms with van der Waals surface area (Å²) in [5.41, 5.74) is 6.18. The van der Waals surface area contributed by atoms with Gasteiger partial charge in [-0.2, -0.15) is 0 Å². The fourth-order valence-electron chi connectivity index (χ4n) is 3.66. The SMILES string of the molecule is CNC(=O)c1cnc(Nc2ccc(C(C)(F)F)cn2)cc1N[C@H]1CCCC[C@H]1C(N)=O. The Balaban J connectivity index is 1.86. The number of anilines is 3. The average molecular weight is 432 g/mol. The Hall–Kier alpha value is -3.30. The minimum absolute atomic E-state index is 0.196. The summed E-state index contributed by atoms with van der Waals surface area (Å²) in [7, 11) is 1.51. The van der Waals surface area contributed by atoms with E-state index in [0.717, 1.165) is 32.4 Å². The van der Waals surface area contributed by atoms with Crippen LogP contribution in [-0.2, 0) is 10.7 Å². The minimum Gasteiger partial charge on any atom is -0.381 e. The number of nitrogens with one attached hydrogen (secondary N) is 3. The van der Waals surface area contributed by atoms with E-state index in [0.29, 0.717) is 29.3 Å². The van der Waals surface area contributed by atoms with Crippen LogP contribution in [0.3, 0.4) is 0 Å². The van der Waals surface area contributed by atoms with Gasteiger partial charge in [0.05, 0.1) is 17.2 Å². The van der Waals surface area contributed by atoms with Crippen molar-refractivity contribution in [1.82, 2.24) is 15.3 Å². The van der Waals surface area contributed by atoms with E-state index in [9.17, 15) is 18.4 Å². The molecule has 8 nitrogen and oxygen atoms in total. The molecule has 1 saturated carbocycles. The molecule has 0 radical (unpaired) electrons. The number of rotatable bonds is 7. The lowest BCUT2D eigenvalue weighted by atomic mass is 9.84. The molecule has 166 valence electrons. The van der Waals surface area contributed by atoms with Crippen LogP contribution in [0, 0.1) is 5.92 Å². The summed E-state index contributed by atoms with van der Waals surface area (Å²) in [6.07, 6.45) is 5.82. The molecule has 2 amide bonds. The number of hydrogen-bond acceptors (Lipinski definition) is 6. The van der Waals surface area contributed by atoms with Crippen LogP contribution in [0.4, 0.5) is 26.1 Å². The Morgan fingerprint density at radius 1 is 1.13 bits per heavy atom. The van der Waals surface area contributed by atoms with Crippen LogP contribution in [0.5, 0.6) is 0 Å². The molecule has 2 aromatic heterocycles. The summed E-state index contributed by atoms with van der Waals surface area (Å²) in [6.45, 7) is 0.804. The number of pyridine rings is 2. The maximum absolute atomic E-state index is 13.4. The Bertz CT molecular complexity index is 946. The predicted molar refractivity (Wildman–Crippen MR) is 113 cm³/mol. The summed E-state index contributed by atoms with van der Waals surface area (Å²) in [5, 5.41) is 8.81. The number of alkyl halides is 2. The molecular weight excluding hydrogens is 406 g/mol. The van der Waals surface area contributed by atoms with Crippen LogP contribution in [0.15, 0.2) is 30.6 Å². The molecule has 3 rings (SSSR count). The molecule has 0 saturated heterocycles. The van der Waals surface area contributed by atoms with Crippen LogP contribution in [-0.4, -0.2) is 34.9 Å². The average Bonchev–Trinajstić information content (AvgIpc) is 2.73. The van der Waals surface area contributed by atoms with Gasteiger partial charge in [-0.25, -0.2) is 18.7 Å². The molecule has 0 aromatic carbocycles. The Labute approximate surface area is 179 Å². The molecule has 0 aliphatic heterocycles. The van der Waals surface area contributed by atoms with E-state index in [1.165, 1.54) is 25.4 Å². The third-order valence-corrected chi connectivity index (χ3v) is 5.37. The van der Waals surface area contributed by atoms with E-state index in [2.05, 4.69) is 25.9 Å². The minimum atomic E-state index is -2.98. The normalized spacial score (nSPS) is 18.8. The van der Waals surface area contributed by atoms with Gasteiger partial charge in [0.25, 0.3) is 11.8 Å². The molecule has 0 unspecified atom stereocenters. The van der Waals surface area contributed by atoms with Crippen molar-refractivity contribution in [3.05, 3.63) is 41.7 Å². The summed E-state index contributed by atoms with van der Waals surface area (Å²) in [6, 6.07) is 4.14. The molecule has 10 heteroatoms. The Kier molecular flexibility index (Phi) is 6.67. The number of carbonyl (C=O) groups is 2. The van der Waals surface area contributed by atoms with Crippen molar-refractivity contribution in [3.63, 3.8) is 0 Å². The molecular formula is C21H26F2N6O2. The highest BCUT2D eigenvalue weighted by Gasteiger charge is 2.30. The molecule has 0 spiro atoms. The van der Waals surface area contributed by atoms with Gasteiger partial charge in [-0.1, -0.05) is 12.8 Å². The molecule has 0 bridgehead atoms. The monoisotopic (exact) mass is 432 g/mol. The molecule has 5 N–H and O–H groups in total. The highest BCUT2D eigenvalue weighted by molar-refractivity contribution is 5.99. The lowest BCUT2D eigenvalue weighted by Gasteiger charge is -2.31. The summed E-state index contributed by atoms with van der Waals surface area (Å²) in [5.74, 6) is -3.33. The zero-order valence-corrected chi connectivity index (χ0v) is 17.4. The molecule has 1 aliphatic rings. The molecule has 2 aromatic rings. The molecule has 2 atom stereocenters. The van der Waals surface area contributed by atoms with Crippen LogP contribution in [0.2, 0.25) is 0 Å². The van der Waals surface area contributed by atoms with Crippen molar-refractivity contribution in [1.29, 1.82) is 0 Å².